The molecular formula is C24H33N5O5. The van der Waals surface area contributed by atoms with E-state index in [2.05, 4.69) is 20.4 Å². The number of nitrogens with one attached hydrogen (secondary N) is 1. The molecule has 1 saturated heterocycles. The van der Waals surface area contributed by atoms with E-state index in [1.165, 1.54) is 0 Å². The summed E-state index contributed by atoms with van der Waals surface area (Å²) in [6.07, 6.45) is 8.42. The van der Waals surface area contributed by atoms with E-state index >= 15 is 0 Å². The molecule has 1 aliphatic heterocycles. The van der Waals surface area contributed by atoms with E-state index < -0.39 is 0 Å². The predicted molar refractivity (Wildman–Crippen MR) is 123 cm³/mol. The first-order valence-electron chi connectivity index (χ1n) is 12.0. The van der Waals surface area contributed by atoms with Crippen LogP contribution in [0.4, 0.5) is 0 Å². The van der Waals surface area contributed by atoms with Crippen molar-refractivity contribution in [2.45, 2.75) is 50.5 Å². The van der Waals surface area contributed by atoms with Gasteiger partial charge in [0.1, 0.15) is 6.61 Å². The molecule has 2 aromatic heterocycles. The van der Waals surface area contributed by atoms with Crippen molar-refractivity contribution in [3.8, 4) is 11.4 Å². The smallest absolute Gasteiger partial charge is 0.248 e. The first-order valence-corrected chi connectivity index (χ1v) is 12.0. The zero-order valence-electron chi connectivity index (χ0n) is 19.6. The van der Waals surface area contributed by atoms with E-state index in [1.54, 1.807) is 19.5 Å². The third kappa shape index (κ3) is 5.98. The third-order valence-electron chi connectivity index (χ3n) is 6.58. The Morgan fingerprint density at radius 2 is 2.12 bits per heavy atom. The van der Waals surface area contributed by atoms with Crippen molar-refractivity contribution >= 4 is 11.8 Å². The lowest BCUT2D eigenvalue weighted by Crippen LogP contribution is -2.48. The van der Waals surface area contributed by atoms with Gasteiger partial charge in [0.2, 0.25) is 23.5 Å². The zero-order valence-corrected chi connectivity index (χ0v) is 19.6. The molecule has 184 valence electrons. The maximum absolute atomic E-state index is 13.2. The first kappa shape index (κ1) is 24.3. The predicted octanol–water partition coefficient (Wildman–Crippen LogP) is 2.18. The van der Waals surface area contributed by atoms with E-state index in [0.717, 1.165) is 31.2 Å². The highest BCUT2D eigenvalue weighted by molar-refractivity contribution is 5.82. The fourth-order valence-corrected chi connectivity index (χ4v) is 4.82. The Balaban J connectivity index is 1.53. The zero-order chi connectivity index (χ0) is 23.8. The Labute approximate surface area is 199 Å². The molecule has 0 bridgehead atoms. The van der Waals surface area contributed by atoms with Crippen LogP contribution in [0.1, 0.15) is 50.3 Å². The Morgan fingerprint density at radius 1 is 1.24 bits per heavy atom. The highest BCUT2D eigenvalue weighted by atomic mass is 16.5. The van der Waals surface area contributed by atoms with E-state index in [9.17, 15) is 9.59 Å². The SMILES string of the molecule is COCCOCC(=O)N1CCCCCCNC(=O)[C@@H]2C[C@@H](c3nc(-c4cccnc4)no3)C[C@@H]21. The van der Waals surface area contributed by atoms with Gasteiger partial charge >= 0.3 is 0 Å². The summed E-state index contributed by atoms with van der Waals surface area (Å²) in [4.78, 5) is 36.8. The molecule has 1 saturated carbocycles. The van der Waals surface area contributed by atoms with Crippen molar-refractivity contribution in [3.05, 3.63) is 30.4 Å². The standard InChI is InChI=1S/C24H33N5O5/c1-32-11-12-33-16-21(30)29-10-5-3-2-4-9-26-23(31)19-13-18(14-20(19)29)24-27-22(28-34-24)17-7-6-8-25-15-17/h6-8,15,18-20H,2-5,9-14,16H2,1H3,(H,26,31)/t18-,19-,20+/m1/s1. The fraction of sp³-hybridized carbons (Fsp3) is 0.625. The molecule has 2 aliphatic rings. The molecule has 10 nitrogen and oxygen atoms in total. The maximum atomic E-state index is 13.2. The summed E-state index contributed by atoms with van der Waals surface area (Å²) in [6.45, 7) is 2.03. The topological polar surface area (TPSA) is 120 Å². The summed E-state index contributed by atoms with van der Waals surface area (Å²) < 4.78 is 16.1. The normalized spacial score (nSPS) is 23.7. The van der Waals surface area contributed by atoms with Gasteiger partial charge in [-0.1, -0.05) is 18.0 Å². The Kier molecular flexibility index (Phi) is 8.59. The number of ether oxygens (including phenoxy) is 2. The first-order chi connectivity index (χ1) is 16.7. The van der Waals surface area contributed by atoms with Gasteiger partial charge in [-0.2, -0.15) is 4.98 Å². The van der Waals surface area contributed by atoms with Gasteiger partial charge in [-0.25, -0.2) is 0 Å². The highest BCUT2D eigenvalue weighted by Crippen LogP contribution is 2.41. The molecule has 34 heavy (non-hydrogen) atoms. The van der Waals surface area contributed by atoms with Gasteiger partial charge in [0.25, 0.3) is 0 Å². The molecule has 2 amide bonds. The van der Waals surface area contributed by atoms with Crippen molar-refractivity contribution in [3.63, 3.8) is 0 Å². The molecule has 0 spiro atoms. The molecule has 2 aromatic rings. The van der Waals surface area contributed by atoms with Gasteiger partial charge in [-0.05, 0) is 37.8 Å². The van der Waals surface area contributed by atoms with Gasteiger partial charge < -0.3 is 24.2 Å². The van der Waals surface area contributed by atoms with Gasteiger partial charge in [0, 0.05) is 50.1 Å². The van der Waals surface area contributed by atoms with E-state index in [4.69, 9.17) is 14.0 Å². The van der Waals surface area contributed by atoms with E-state index in [0.29, 0.717) is 50.9 Å². The molecule has 0 unspecified atom stereocenters. The van der Waals surface area contributed by atoms with E-state index in [1.807, 2.05) is 17.0 Å². The number of carbonyl (C=O) groups excluding carboxylic acids is 2. The van der Waals surface area contributed by atoms with Crippen molar-refractivity contribution in [2.75, 3.05) is 40.0 Å². The quantitative estimate of drug-likeness (QED) is 0.610. The van der Waals surface area contributed by atoms with E-state index in [-0.39, 0.29) is 36.3 Å². The number of carbonyl (C=O) groups is 2. The van der Waals surface area contributed by atoms with Gasteiger partial charge in [0.15, 0.2) is 0 Å². The maximum Gasteiger partial charge on any atom is 0.248 e. The number of amides is 2. The second-order valence-corrected chi connectivity index (χ2v) is 8.88. The number of hydrogen-bond donors (Lipinski definition) is 1. The number of nitrogens with zero attached hydrogens (tertiary/aromatic N) is 4. The number of rotatable bonds is 7. The molecule has 0 radical (unpaired) electrons. The highest BCUT2D eigenvalue weighted by Gasteiger charge is 2.45. The average Bonchev–Trinajstić information content (AvgIpc) is 3.51. The summed E-state index contributed by atoms with van der Waals surface area (Å²) in [5, 5.41) is 7.19. The minimum atomic E-state index is -0.334. The fourth-order valence-electron chi connectivity index (χ4n) is 4.82. The second kappa shape index (κ2) is 12.0. The van der Waals surface area contributed by atoms with Crippen LogP contribution >= 0.6 is 0 Å². The molecule has 10 heteroatoms. The average molecular weight is 472 g/mol. The summed E-state index contributed by atoms with van der Waals surface area (Å²) in [5.41, 5.74) is 0.772. The summed E-state index contributed by atoms with van der Waals surface area (Å²) in [5.74, 6) is 0.419. The molecule has 2 fully saturated rings. The van der Waals surface area contributed by atoms with Crippen LogP contribution in [0.2, 0.25) is 0 Å². The van der Waals surface area contributed by atoms with Crippen LogP contribution in [0.3, 0.4) is 0 Å². The van der Waals surface area contributed by atoms with Crippen LogP contribution in [0.5, 0.6) is 0 Å². The summed E-state index contributed by atoms with van der Waals surface area (Å²) >= 11 is 0. The lowest BCUT2D eigenvalue weighted by Gasteiger charge is -2.32. The third-order valence-corrected chi connectivity index (χ3v) is 6.58. The van der Waals surface area contributed by atoms with Gasteiger partial charge in [0.05, 0.1) is 19.1 Å². The Bertz CT molecular complexity index is 937. The Hall–Kier alpha value is -2.85. The molecular weight excluding hydrogens is 438 g/mol. The van der Waals surface area contributed by atoms with Crippen LogP contribution in [0, 0.1) is 5.92 Å². The van der Waals surface area contributed by atoms with Crippen molar-refractivity contribution in [2.24, 2.45) is 5.92 Å². The van der Waals surface area contributed by atoms with Crippen molar-refractivity contribution in [1.82, 2.24) is 25.3 Å². The van der Waals surface area contributed by atoms with Crippen LogP contribution in [-0.2, 0) is 19.1 Å². The minimum absolute atomic E-state index is 0.0144. The largest absolute Gasteiger partial charge is 0.382 e. The Morgan fingerprint density at radius 3 is 2.94 bits per heavy atom. The van der Waals surface area contributed by atoms with Crippen LogP contribution in [0.25, 0.3) is 11.4 Å². The monoisotopic (exact) mass is 471 g/mol. The molecule has 0 aromatic carbocycles. The van der Waals surface area contributed by atoms with Gasteiger partial charge in [-0.3, -0.25) is 14.6 Å². The van der Waals surface area contributed by atoms with Crippen molar-refractivity contribution in [1.29, 1.82) is 0 Å². The number of aromatic nitrogens is 3. The number of hydrogen-bond acceptors (Lipinski definition) is 8. The number of methoxy groups -OCH3 is 1. The number of pyridine rings is 1. The van der Waals surface area contributed by atoms with Gasteiger partial charge in [-0.15, -0.1) is 0 Å². The molecule has 3 heterocycles. The molecule has 1 N–H and O–H groups in total. The molecule has 4 rings (SSSR count). The van der Waals surface area contributed by atoms with Crippen LogP contribution in [0.15, 0.2) is 29.0 Å². The van der Waals surface area contributed by atoms with Crippen molar-refractivity contribution < 1.29 is 23.6 Å². The van der Waals surface area contributed by atoms with Crippen LogP contribution < -0.4 is 5.32 Å². The molecule has 3 atom stereocenters. The second-order valence-electron chi connectivity index (χ2n) is 8.88. The molecule has 1 aliphatic carbocycles. The summed E-state index contributed by atoms with van der Waals surface area (Å²) in [7, 11) is 1.60. The van der Waals surface area contributed by atoms with Crippen LogP contribution in [-0.4, -0.2) is 77.9 Å². The minimum Gasteiger partial charge on any atom is -0.382 e. The summed E-state index contributed by atoms with van der Waals surface area (Å²) in [6, 6.07) is 3.45. The lowest BCUT2D eigenvalue weighted by atomic mass is 10.00. The lowest BCUT2D eigenvalue weighted by molar-refractivity contribution is -0.141. The number of fused-ring (bicyclic) bond motifs is 1.